The lowest BCUT2D eigenvalue weighted by Crippen LogP contribution is -2.29. The van der Waals surface area contributed by atoms with Gasteiger partial charge in [-0.15, -0.1) is 0 Å². The summed E-state index contributed by atoms with van der Waals surface area (Å²) in [6.07, 6.45) is 3.18. The second-order valence-electron chi connectivity index (χ2n) is 5.65. The number of nitrogens with zero attached hydrogens (tertiary/aromatic N) is 4. The number of hydrogen-bond donors (Lipinski definition) is 1. The van der Waals surface area contributed by atoms with Crippen molar-refractivity contribution < 1.29 is 9.90 Å². The summed E-state index contributed by atoms with van der Waals surface area (Å²) in [6.45, 7) is 2.56. The van der Waals surface area contributed by atoms with Crippen molar-refractivity contribution in [3.63, 3.8) is 0 Å². The molecule has 0 spiro atoms. The fourth-order valence-corrected chi connectivity index (χ4v) is 4.03. The summed E-state index contributed by atoms with van der Waals surface area (Å²) >= 11 is 6.40. The highest BCUT2D eigenvalue weighted by Gasteiger charge is 2.31. The zero-order valence-electron chi connectivity index (χ0n) is 14.4. The van der Waals surface area contributed by atoms with Gasteiger partial charge in [0, 0.05) is 26.3 Å². The summed E-state index contributed by atoms with van der Waals surface area (Å²) in [5.41, 5.74) is 0.508. The van der Waals surface area contributed by atoms with Gasteiger partial charge >= 0.3 is 0 Å². The van der Waals surface area contributed by atoms with E-state index in [0.29, 0.717) is 39.3 Å². The lowest BCUT2D eigenvalue weighted by molar-refractivity contribution is -0.121. The maximum absolute atomic E-state index is 13.0. The molecule has 1 fully saturated rings. The Hall–Kier alpha value is -2.23. The minimum Gasteiger partial charge on any atom is -0.395 e. The Morgan fingerprint density at radius 2 is 2.15 bits per heavy atom. The van der Waals surface area contributed by atoms with Crippen LogP contribution in [0.1, 0.15) is 12.5 Å². The minimum absolute atomic E-state index is 0.0796. The minimum atomic E-state index is -0.280. The first kappa shape index (κ1) is 18.6. The van der Waals surface area contributed by atoms with Crippen LogP contribution >= 0.6 is 24.0 Å². The number of aromatic nitrogens is 2. The Bertz CT molecular complexity index is 970. The Balaban J connectivity index is 2.21. The van der Waals surface area contributed by atoms with Crippen molar-refractivity contribution in [2.24, 2.45) is 0 Å². The fourth-order valence-electron chi connectivity index (χ4n) is 2.67. The molecule has 0 aliphatic carbocycles. The molecule has 0 saturated carbocycles. The van der Waals surface area contributed by atoms with Crippen LogP contribution in [0.5, 0.6) is 0 Å². The molecule has 3 rings (SSSR count). The lowest BCUT2D eigenvalue weighted by Gasteiger charge is -2.19. The van der Waals surface area contributed by atoms with Crippen LogP contribution in [-0.4, -0.2) is 56.4 Å². The van der Waals surface area contributed by atoms with Gasteiger partial charge in [0.2, 0.25) is 0 Å². The van der Waals surface area contributed by atoms with E-state index in [1.807, 2.05) is 6.92 Å². The maximum atomic E-state index is 13.0. The van der Waals surface area contributed by atoms with Gasteiger partial charge in [-0.25, -0.2) is 4.98 Å². The van der Waals surface area contributed by atoms with Crippen LogP contribution in [0.4, 0.5) is 5.82 Å². The first-order valence-corrected chi connectivity index (χ1v) is 9.29. The molecule has 0 unspecified atom stereocenters. The highest BCUT2D eigenvalue weighted by atomic mass is 32.2. The average Bonchev–Trinajstić information content (AvgIpc) is 2.90. The van der Waals surface area contributed by atoms with E-state index >= 15 is 0 Å². The van der Waals surface area contributed by atoms with E-state index in [9.17, 15) is 14.7 Å². The smallest absolute Gasteiger partial charge is 0.267 e. The molecule has 2 aromatic heterocycles. The predicted octanol–water partition coefficient (Wildman–Crippen LogP) is 1.34. The average molecular weight is 390 g/mol. The van der Waals surface area contributed by atoms with Gasteiger partial charge in [-0.1, -0.05) is 30.0 Å². The molecule has 1 amide bonds. The van der Waals surface area contributed by atoms with Gasteiger partial charge in [0.15, 0.2) is 0 Å². The van der Waals surface area contributed by atoms with Crippen molar-refractivity contribution in [2.75, 3.05) is 31.6 Å². The van der Waals surface area contributed by atoms with Crippen LogP contribution in [0.15, 0.2) is 34.1 Å². The number of anilines is 1. The Morgan fingerprint density at radius 1 is 1.38 bits per heavy atom. The summed E-state index contributed by atoms with van der Waals surface area (Å²) in [7, 11) is 1.74. The fraction of sp³-hybridized carbons (Fsp3) is 0.294. The van der Waals surface area contributed by atoms with E-state index in [1.165, 1.54) is 21.1 Å². The van der Waals surface area contributed by atoms with Gasteiger partial charge in [0.1, 0.15) is 15.8 Å². The second kappa shape index (κ2) is 7.56. The molecule has 136 valence electrons. The van der Waals surface area contributed by atoms with Gasteiger partial charge in [-0.05, 0) is 25.1 Å². The van der Waals surface area contributed by atoms with E-state index in [0.717, 1.165) is 0 Å². The number of carbonyl (C=O) groups excluding carboxylic acids is 1. The van der Waals surface area contributed by atoms with E-state index in [1.54, 1.807) is 42.4 Å². The second-order valence-corrected chi connectivity index (χ2v) is 7.33. The summed E-state index contributed by atoms with van der Waals surface area (Å²) in [5, 5.41) is 9.25. The molecule has 1 aliphatic rings. The van der Waals surface area contributed by atoms with Crippen LogP contribution in [0.25, 0.3) is 11.7 Å². The monoisotopic (exact) mass is 390 g/mol. The zero-order chi connectivity index (χ0) is 18.8. The van der Waals surface area contributed by atoms with E-state index in [4.69, 9.17) is 12.2 Å². The SMILES string of the molecule is CCN1C(=O)/C(=C/c2c(N(C)CCO)nc3ccccn3c2=O)SC1=S. The molecule has 1 saturated heterocycles. The Labute approximate surface area is 159 Å². The third-order valence-corrected chi connectivity index (χ3v) is 5.39. The molecule has 7 nitrogen and oxygen atoms in total. The zero-order valence-corrected chi connectivity index (χ0v) is 16.0. The number of hydrogen-bond acceptors (Lipinski definition) is 7. The number of thiocarbonyl (C=S) groups is 1. The summed E-state index contributed by atoms with van der Waals surface area (Å²) < 4.78 is 1.91. The number of likely N-dealkylation sites (N-methyl/N-ethyl adjacent to an activating group) is 2. The summed E-state index contributed by atoms with van der Waals surface area (Å²) in [4.78, 5) is 33.6. The topological polar surface area (TPSA) is 78.2 Å². The molecule has 0 atom stereocenters. The van der Waals surface area contributed by atoms with E-state index in [2.05, 4.69) is 4.98 Å². The molecular weight excluding hydrogens is 372 g/mol. The number of thioether (sulfide) groups is 1. The molecule has 9 heteroatoms. The Kier molecular flexibility index (Phi) is 5.40. The molecule has 3 heterocycles. The quantitative estimate of drug-likeness (QED) is 0.610. The van der Waals surface area contributed by atoms with E-state index in [-0.39, 0.29) is 18.1 Å². The van der Waals surface area contributed by atoms with Gasteiger partial charge < -0.3 is 10.0 Å². The lowest BCUT2D eigenvalue weighted by atomic mass is 10.2. The molecule has 0 aromatic carbocycles. The van der Waals surface area contributed by atoms with Crippen LogP contribution < -0.4 is 10.5 Å². The van der Waals surface area contributed by atoms with Gasteiger partial charge in [0.25, 0.3) is 11.5 Å². The summed E-state index contributed by atoms with van der Waals surface area (Å²) in [5.74, 6) is 0.202. The molecule has 0 bridgehead atoms. The first-order chi connectivity index (χ1) is 12.5. The normalized spacial score (nSPS) is 16.1. The predicted molar refractivity (Wildman–Crippen MR) is 107 cm³/mol. The van der Waals surface area contributed by atoms with Crippen molar-refractivity contribution >= 4 is 51.7 Å². The van der Waals surface area contributed by atoms with Crippen LogP contribution in [0.2, 0.25) is 0 Å². The standard InChI is InChI=1S/C17H18N4O3S2/c1-3-20-16(24)12(26-17(20)25)10-11-14(19(2)8-9-22)18-13-6-4-5-7-21(13)15(11)23/h4-7,10,22H,3,8-9H2,1-2H3/b12-10-. The van der Waals surface area contributed by atoms with Crippen molar-refractivity contribution in [2.45, 2.75) is 6.92 Å². The van der Waals surface area contributed by atoms with Crippen LogP contribution in [-0.2, 0) is 4.79 Å². The number of rotatable bonds is 5. The number of carbonyl (C=O) groups is 1. The number of fused-ring (bicyclic) bond motifs is 1. The first-order valence-electron chi connectivity index (χ1n) is 8.06. The summed E-state index contributed by atoms with van der Waals surface area (Å²) in [6, 6.07) is 5.27. The largest absolute Gasteiger partial charge is 0.395 e. The highest BCUT2D eigenvalue weighted by molar-refractivity contribution is 8.26. The van der Waals surface area contributed by atoms with Crippen LogP contribution in [0.3, 0.4) is 0 Å². The Morgan fingerprint density at radius 3 is 2.81 bits per heavy atom. The van der Waals surface area contributed by atoms with E-state index < -0.39 is 0 Å². The molecule has 1 aliphatic heterocycles. The number of aliphatic hydroxyl groups excluding tert-OH is 1. The van der Waals surface area contributed by atoms with Gasteiger partial charge in [0.05, 0.1) is 17.1 Å². The molecular formula is C17H18N4O3S2. The highest BCUT2D eigenvalue weighted by Crippen LogP contribution is 2.33. The van der Waals surface area contributed by atoms with Gasteiger partial charge in [-0.2, -0.15) is 0 Å². The molecule has 0 radical (unpaired) electrons. The van der Waals surface area contributed by atoms with Crippen molar-refractivity contribution in [3.05, 3.63) is 45.2 Å². The maximum Gasteiger partial charge on any atom is 0.267 e. The number of amides is 1. The molecule has 1 N–H and O–H groups in total. The number of pyridine rings is 1. The van der Waals surface area contributed by atoms with Crippen molar-refractivity contribution in [1.29, 1.82) is 0 Å². The molecule has 2 aromatic rings. The molecule has 26 heavy (non-hydrogen) atoms. The third kappa shape index (κ3) is 3.25. The van der Waals surface area contributed by atoms with Gasteiger partial charge in [-0.3, -0.25) is 18.9 Å². The number of aliphatic hydroxyl groups is 1. The van der Waals surface area contributed by atoms with Crippen molar-refractivity contribution in [1.82, 2.24) is 14.3 Å². The van der Waals surface area contributed by atoms with Crippen LogP contribution in [0, 0.1) is 0 Å². The van der Waals surface area contributed by atoms with Crippen molar-refractivity contribution in [3.8, 4) is 0 Å². The third-order valence-electron chi connectivity index (χ3n) is 4.01.